The molecule has 0 aromatic heterocycles. The van der Waals surface area contributed by atoms with Crippen molar-refractivity contribution in [2.75, 3.05) is 6.54 Å². The third kappa shape index (κ3) is 2.48. The van der Waals surface area contributed by atoms with Crippen LogP contribution >= 0.6 is 0 Å². The summed E-state index contributed by atoms with van der Waals surface area (Å²) in [6.45, 7) is 0.887. The van der Waals surface area contributed by atoms with Crippen molar-refractivity contribution in [2.24, 2.45) is 11.6 Å². The summed E-state index contributed by atoms with van der Waals surface area (Å²) < 4.78 is 0. The van der Waals surface area contributed by atoms with Gasteiger partial charge in [0.2, 0.25) is 5.91 Å². The number of piperidine rings is 1. The van der Waals surface area contributed by atoms with E-state index in [4.69, 9.17) is 11.6 Å². The lowest BCUT2D eigenvalue weighted by molar-refractivity contribution is -0.119. The lowest BCUT2D eigenvalue weighted by Gasteiger charge is -2.30. The number of hydrogen-bond donors (Lipinski definition) is 2. The molecule has 1 unspecified atom stereocenters. The van der Waals surface area contributed by atoms with Crippen LogP contribution in [0.2, 0.25) is 0 Å². The van der Waals surface area contributed by atoms with Gasteiger partial charge in [0.05, 0.1) is 0 Å². The van der Waals surface area contributed by atoms with E-state index in [0.29, 0.717) is 6.42 Å². The maximum atomic E-state index is 10.6. The van der Waals surface area contributed by atoms with E-state index in [0.717, 1.165) is 25.8 Å². The molecule has 1 fully saturated rings. The van der Waals surface area contributed by atoms with Crippen molar-refractivity contribution in [3.63, 3.8) is 0 Å². The second kappa shape index (κ2) is 3.69. The first-order valence-corrected chi connectivity index (χ1v) is 4.00. The van der Waals surface area contributed by atoms with Gasteiger partial charge in [-0.2, -0.15) is 0 Å². The van der Waals surface area contributed by atoms with Crippen molar-refractivity contribution in [3.8, 4) is 0 Å². The highest BCUT2D eigenvalue weighted by Gasteiger charge is 2.20. The number of carbonyl (C=O) groups excluding carboxylic acids is 1. The molecule has 0 bridgehead atoms. The molecule has 1 saturated heterocycles. The first-order chi connectivity index (χ1) is 5.20. The van der Waals surface area contributed by atoms with Crippen LogP contribution in [0.1, 0.15) is 25.7 Å². The smallest absolute Gasteiger partial charge is 0.219 e. The molecule has 4 heteroatoms. The topological polar surface area (TPSA) is 72.4 Å². The minimum absolute atomic E-state index is 0.182. The van der Waals surface area contributed by atoms with Crippen LogP contribution in [0.25, 0.3) is 0 Å². The van der Waals surface area contributed by atoms with Crippen molar-refractivity contribution in [1.82, 2.24) is 5.01 Å². The molecule has 0 aromatic rings. The number of carbonyl (C=O) groups is 1. The Morgan fingerprint density at radius 1 is 1.55 bits per heavy atom. The molecule has 1 rings (SSSR count). The SMILES string of the molecule is NC(=O)CC1CCCCN1N. The first kappa shape index (κ1) is 8.49. The summed E-state index contributed by atoms with van der Waals surface area (Å²) in [5, 5.41) is 1.73. The predicted octanol–water partition coefficient (Wildman–Crippen LogP) is -0.410. The van der Waals surface area contributed by atoms with E-state index in [-0.39, 0.29) is 11.9 Å². The largest absolute Gasteiger partial charge is 0.370 e. The van der Waals surface area contributed by atoms with Gasteiger partial charge in [0.25, 0.3) is 0 Å². The maximum Gasteiger partial charge on any atom is 0.219 e. The van der Waals surface area contributed by atoms with Gasteiger partial charge in [0.1, 0.15) is 0 Å². The number of rotatable bonds is 2. The minimum atomic E-state index is -0.257. The van der Waals surface area contributed by atoms with E-state index in [9.17, 15) is 4.79 Å². The van der Waals surface area contributed by atoms with Crippen LogP contribution in [0, 0.1) is 0 Å². The van der Waals surface area contributed by atoms with E-state index in [1.807, 2.05) is 0 Å². The van der Waals surface area contributed by atoms with Crippen molar-refractivity contribution < 1.29 is 4.79 Å². The van der Waals surface area contributed by atoms with Crippen LogP contribution in [-0.4, -0.2) is 23.5 Å². The minimum Gasteiger partial charge on any atom is -0.370 e. The number of primary amides is 1. The predicted molar refractivity (Wildman–Crippen MR) is 42.3 cm³/mol. The summed E-state index contributed by atoms with van der Waals surface area (Å²) in [4.78, 5) is 10.6. The highest BCUT2D eigenvalue weighted by Crippen LogP contribution is 2.15. The quantitative estimate of drug-likeness (QED) is 0.535. The van der Waals surface area contributed by atoms with Gasteiger partial charge in [-0.25, -0.2) is 5.01 Å². The van der Waals surface area contributed by atoms with Gasteiger partial charge in [-0.15, -0.1) is 0 Å². The normalized spacial score (nSPS) is 26.8. The van der Waals surface area contributed by atoms with Crippen molar-refractivity contribution >= 4 is 5.91 Å². The van der Waals surface area contributed by atoms with Crippen molar-refractivity contribution in [1.29, 1.82) is 0 Å². The zero-order chi connectivity index (χ0) is 8.27. The van der Waals surface area contributed by atoms with Crippen LogP contribution in [-0.2, 0) is 4.79 Å². The summed E-state index contributed by atoms with van der Waals surface area (Å²) in [7, 11) is 0. The number of nitrogens with two attached hydrogens (primary N) is 2. The zero-order valence-electron chi connectivity index (χ0n) is 6.62. The zero-order valence-corrected chi connectivity index (χ0v) is 6.62. The number of nitrogens with zero attached hydrogens (tertiary/aromatic N) is 1. The molecule has 1 atom stereocenters. The van der Waals surface area contributed by atoms with Crippen molar-refractivity contribution in [3.05, 3.63) is 0 Å². The Hall–Kier alpha value is -0.610. The molecule has 1 amide bonds. The van der Waals surface area contributed by atoms with Crippen molar-refractivity contribution in [2.45, 2.75) is 31.7 Å². The second-order valence-corrected chi connectivity index (χ2v) is 3.06. The Morgan fingerprint density at radius 3 is 2.82 bits per heavy atom. The van der Waals surface area contributed by atoms with Gasteiger partial charge in [-0.1, -0.05) is 6.42 Å². The third-order valence-electron chi connectivity index (χ3n) is 2.11. The highest BCUT2D eigenvalue weighted by molar-refractivity contribution is 5.74. The first-order valence-electron chi connectivity index (χ1n) is 4.00. The molecule has 11 heavy (non-hydrogen) atoms. The van der Waals surface area contributed by atoms with Gasteiger partial charge < -0.3 is 5.73 Å². The van der Waals surface area contributed by atoms with Gasteiger partial charge in [-0.05, 0) is 12.8 Å². The molecular formula is C7H15N3O. The second-order valence-electron chi connectivity index (χ2n) is 3.06. The molecule has 0 spiro atoms. The number of amides is 1. The molecule has 64 valence electrons. The molecular weight excluding hydrogens is 142 g/mol. The highest BCUT2D eigenvalue weighted by atomic mass is 16.1. The summed E-state index contributed by atoms with van der Waals surface area (Å²) >= 11 is 0. The van der Waals surface area contributed by atoms with Gasteiger partial charge in [0.15, 0.2) is 0 Å². The summed E-state index contributed by atoms with van der Waals surface area (Å²) in [6.07, 6.45) is 3.69. The maximum absolute atomic E-state index is 10.6. The Labute approximate surface area is 66.5 Å². The monoisotopic (exact) mass is 157 g/mol. The molecule has 4 N–H and O–H groups in total. The Kier molecular flexibility index (Phi) is 2.84. The molecule has 0 aliphatic carbocycles. The van der Waals surface area contributed by atoms with Crippen LogP contribution < -0.4 is 11.6 Å². The van der Waals surface area contributed by atoms with Gasteiger partial charge >= 0.3 is 0 Å². The summed E-state index contributed by atoms with van der Waals surface area (Å²) in [6, 6.07) is 0.182. The molecule has 0 aromatic carbocycles. The van der Waals surface area contributed by atoms with E-state index < -0.39 is 0 Å². The summed E-state index contributed by atoms with van der Waals surface area (Å²) in [5.41, 5.74) is 5.06. The third-order valence-corrected chi connectivity index (χ3v) is 2.11. The van der Waals surface area contributed by atoms with E-state index in [1.165, 1.54) is 0 Å². The molecule has 0 saturated carbocycles. The molecule has 1 aliphatic rings. The van der Waals surface area contributed by atoms with E-state index >= 15 is 0 Å². The molecule has 1 heterocycles. The van der Waals surface area contributed by atoms with Crippen LogP contribution in [0.4, 0.5) is 0 Å². The lowest BCUT2D eigenvalue weighted by Crippen LogP contribution is -2.46. The van der Waals surface area contributed by atoms with Crippen LogP contribution in [0.15, 0.2) is 0 Å². The van der Waals surface area contributed by atoms with Gasteiger partial charge in [0, 0.05) is 19.0 Å². The van der Waals surface area contributed by atoms with Crippen LogP contribution in [0.5, 0.6) is 0 Å². The number of hydrazine groups is 1. The lowest BCUT2D eigenvalue weighted by atomic mass is 10.0. The molecule has 4 nitrogen and oxygen atoms in total. The Balaban J connectivity index is 2.35. The molecule has 1 aliphatic heterocycles. The number of hydrogen-bond acceptors (Lipinski definition) is 3. The Morgan fingerprint density at radius 2 is 2.27 bits per heavy atom. The average molecular weight is 157 g/mol. The standard InChI is InChI=1S/C7H15N3O/c8-7(11)5-6-3-1-2-4-10(6)9/h6H,1-5,9H2,(H2,8,11). The fraction of sp³-hybridized carbons (Fsp3) is 0.857. The molecule has 0 radical (unpaired) electrons. The Bertz CT molecular complexity index is 149. The van der Waals surface area contributed by atoms with E-state index in [2.05, 4.69) is 0 Å². The summed E-state index contributed by atoms with van der Waals surface area (Å²) in [5.74, 6) is 5.40. The van der Waals surface area contributed by atoms with E-state index in [1.54, 1.807) is 5.01 Å². The average Bonchev–Trinajstić information content (AvgIpc) is 1.93. The fourth-order valence-corrected chi connectivity index (χ4v) is 1.47. The fourth-order valence-electron chi connectivity index (χ4n) is 1.47. The van der Waals surface area contributed by atoms with Crippen LogP contribution in [0.3, 0.4) is 0 Å². The van der Waals surface area contributed by atoms with Gasteiger partial charge in [-0.3, -0.25) is 10.6 Å².